The molecule has 1 rings (SSSR count). The van der Waals surface area contributed by atoms with Gasteiger partial charge in [0.1, 0.15) is 0 Å². The predicted molar refractivity (Wildman–Crippen MR) is 100 cm³/mol. The number of hydrogen-bond donors (Lipinski definition) is 0. The van der Waals surface area contributed by atoms with Crippen LogP contribution in [0.4, 0.5) is 0 Å². The first-order valence-corrected chi connectivity index (χ1v) is 10.1. The Kier molecular flexibility index (Phi) is 5.36. The van der Waals surface area contributed by atoms with Crippen molar-refractivity contribution >= 4 is 25.9 Å². The summed E-state index contributed by atoms with van der Waals surface area (Å²) in [5.74, 6) is -0.101. The molecule has 0 aliphatic rings. The molecule has 23 heavy (non-hydrogen) atoms. The molecule has 0 aliphatic carbocycles. The van der Waals surface area contributed by atoms with E-state index in [4.69, 9.17) is 0 Å². The first-order valence-electron chi connectivity index (χ1n) is 7.74. The lowest BCUT2D eigenvalue weighted by Gasteiger charge is -2.24. The molecule has 0 amide bonds. The van der Waals surface area contributed by atoms with Crippen LogP contribution in [0.25, 0.3) is 5.70 Å². The molecule has 0 aliphatic heterocycles. The molecule has 0 aromatic carbocycles. The Morgan fingerprint density at radius 1 is 1.17 bits per heavy atom. The predicted octanol–water partition coefficient (Wildman–Crippen LogP) is 3.41. The highest BCUT2D eigenvalue weighted by Crippen LogP contribution is 2.26. The Hall–Kier alpha value is -1.36. The maximum Gasteiger partial charge on any atom is 0.178 e. The van der Waals surface area contributed by atoms with Crippen LogP contribution in [0.3, 0.4) is 0 Å². The second-order valence-electron chi connectivity index (χ2n) is 8.50. The zero-order chi connectivity index (χ0) is 18.2. The minimum atomic E-state index is -2.47. The highest BCUT2D eigenvalue weighted by Gasteiger charge is 2.32. The molecule has 5 heteroatoms. The van der Waals surface area contributed by atoms with Gasteiger partial charge >= 0.3 is 0 Å². The Bertz CT molecular complexity index is 739. The zero-order valence-electron chi connectivity index (χ0n) is 15.9. The van der Waals surface area contributed by atoms with Crippen LogP contribution in [0.1, 0.15) is 47.1 Å². The fourth-order valence-corrected chi connectivity index (χ4v) is 3.53. The molecule has 1 heterocycles. The molecule has 0 fully saturated rings. The van der Waals surface area contributed by atoms with Crippen LogP contribution < -0.4 is 0 Å². The third-order valence-corrected chi connectivity index (χ3v) is 4.52. The lowest BCUT2D eigenvalue weighted by atomic mass is 9.86. The number of allylic oxidation sites excluding steroid dienone is 2. The molecule has 130 valence electrons. The lowest BCUT2D eigenvalue weighted by Crippen LogP contribution is -2.35. The van der Waals surface area contributed by atoms with Gasteiger partial charge in [-0.25, -0.2) is 4.68 Å². The number of carbonyl (C=O) groups excluding carboxylic acids is 1. The second kappa shape index (κ2) is 6.27. The van der Waals surface area contributed by atoms with E-state index < -0.39 is 14.9 Å². The second-order valence-corrected chi connectivity index (χ2v) is 11.4. The molecule has 0 N–H and O–H groups in total. The smallest absolute Gasteiger partial charge is 0.178 e. The number of carbonyl (C=O) groups is 1. The third-order valence-electron chi connectivity index (χ3n) is 3.14. The fourth-order valence-electron chi connectivity index (χ4n) is 2.12. The SMILES string of the molecule is Cc1cnn(/C(=C/C(C)(C)C)C(C(=O)C(C)(C)C)=S(C)(C)=O)c1. The van der Waals surface area contributed by atoms with Crippen molar-refractivity contribution in [3.05, 3.63) is 24.0 Å². The molecule has 1 aromatic rings. The highest BCUT2D eigenvalue weighted by atomic mass is 32.2. The van der Waals surface area contributed by atoms with E-state index >= 15 is 0 Å². The number of aromatic nitrogens is 2. The quantitative estimate of drug-likeness (QED) is 0.627. The van der Waals surface area contributed by atoms with E-state index in [1.807, 2.05) is 40.0 Å². The van der Waals surface area contributed by atoms with Crippen molar-refractivity contribution in [2.75, 3.05) is 12.5 Å². The minimum Gasteiger partial charge on any atom is -0.293 e. The third kappa shape index (κ3) is 5.34. The molecule has 0 saturated carbocycles. The van der Waals surface area contributed by atoms with Gasteiger partial charge in [0.15, 0.2) is 5.78 Å². The molecular formula is C18H30N2O2S. The number of Topliss-reactive ketones (excluding diaryl/α,β-unsaturated/α-hetero) is 1. The van der Waals surface area contributed by atoms with Gasteiger partial charge in [-0.3, -0.25) is 9.00 Å². The molecule has 4 nitrogen and oxygen atoms in total. The van der Waals surface area contributed by atoms with Gasteiger partial charge in [-0.05, 0) is 27.4 Å². The standard InChI is InChI=1S/C18H30N2O2S/c1-13-11-19-20(12-13)14(10-17(2,3)4)15(23(8,9)22)16(21)18(5,6)7/h10-12H,1-9H3/b14-10+. The number of rotatable bonds is 3. The van der Waals surface area contributed by atoms with Gasteiger partial charge in [0, 0.05) is 24.1 Å². The van der Waals surface area contributed by atoms with E-state index in [0.29, 0.717) is 10.6 Å². The topological polar surface area (TPSA) is 52.0 Å². The van der Waals surface area contributed by atoms with Crippen LogP contribution in [-0.2, 0) is 14.3 Å². The van der Waals surface area contributed by atoms with Crippen molar-refractivity contribution in [3.63, 3.8) is 0 Å². The van der Waals surface area contributed by atoms with Crippen LogP contribution in [0.2, 0.25) is 0 Å². The Morgan fingerprint density at radius 2 is 1.70 bits per heavy atom. The first kappa shape index (κ1) is 19.7. The summed E-state index contributed by atoms with van der Waals surface area (Å²) in [6.45, 7) is 13.6. The average molecular weight is 339 g/mol. The van der Waals surface area contributed by atoms with E-state index in [9.17, 15) is 9.00 Å². The maximum atomic E-state index is 13.0. The molecule has 0 atom stereocenters. The summed E-state index contributed by atoms with van der Waals surface area (Å²) in [4.78, 5) is 13.4. The van der Waals surface area contributed by atoms with E-state index in [1.54, 1.807) is 23.4 Å². The van der Waals surface area contributed by atoms with Crippen molar-refractivity contribution in [2.24, 2.45) is 10.8 Å². The van der Waals surface area contributed by atoms with Crippen molar-refractivity contribution in [2.45, 2.75) is 48.5 Å². The molecule has 0 spiro atoms. The summed E-state index contributed by atoms with van der Waals surface area (Å²) in [5, 5.41) is 4.35. The van der Waals surface area contributed by atoms with Crippen molar-refractivity contribution in [1.82, 2.24) is 9.78 Å². The van der Waals surface area contributed by atoms with Gasteiger partial charge in [-0.2, -0.15) is 5.10 Å². The minimum absolute atomic E-state index is 0.101. The van der Waals surface area contributed by atoms with E-state index in [-0.39, 0.29) is 11.2 Å². The fraction of sp³-hybridized carbons (Fsp3) is 0.611. The Balaban J connectivity index is 3.79. The molecule has 1 aromatic heterocycles. The number of ketones is 1. The van der Waals surface area contributed by atoms with Gasteiger partial charge in [0.05, 0.1) is 16.8 Å². The number of hydrogen-bond acceptors (Lipinski definition) is 3. The normalized spacial score (nSPS) is 14.0. The van der Waals surface area contributed by atoms with Crippen molar-refractivity contribution < 1.29 is 9.00 Å². The summed E-state index contributed by atoms with van der Waals surface area (Å²) in [5.41, 5.74) is 0.832. The molecular weight excluding hydrogens is 308 g/mol. The van der Waals surface area contributed by atoms with Crippen molar-refractivity contribution in [3.8, 4) is 0 Å². The number of aryl methyl sites for hydroxylation is 1. The number of nitrogens with zero attached hydrogens (tertiary/aromatic N) is 2. The Labute approximate surface area is 141 Å². The summed E-state index contributed by atoms with van der Waals surface area (Å²) >= 11 is 0. The van der Waals surface area contributed by atoms with Crippen LogP contribution in [0, 0.1) is 17.8 Å². The highest BCUT2D eigenvalue weighted by molar-refractivity contribution is 8.03. The van der Waals surface area contributed by atoms with Crippen LogP contribution in [-0.4, -0.2) is 37.1 Å². The molecule has 0 radical (unpaired) electrons. The maximum absolute atomic E-state index is 13.0. The zero-order valence-corrected chi connectivity index (χ0v) is 16.7. The first-order chi connectivity index (χ1) is 10.1. The van der Waals surface area contributed by atoms with Gasteiger partial charge in [0.25, 0.3) is 0 Å². The van der Waals surface area contributed by atoms with Crippen LogP contribution in [0.15, 0.2) is 18.5 Å². The molecule has 0 unspecified atom stereocenters. The van der Waals surface area contributed by atoms with Gasteiger partial charge in [-0.15, -0.1) is 0 Å². The van der Waals surface area contributed by atoms with Crippen LogP contribution in [0.5, 0.6) is 0 Å². The van der Waals surface area contributed by atoms with E-state index in [0.717, 1.165) is 5.56 Å². The summed E-state index contributed by atoms with van der Waals surface area (Å²) in [6.07, 6.45) is 8.82. The summed E-state index contributed by atoms with van der Waals surface area (Å²) in [6, 6.07) is 0. The van der Waals surface area contributed by atoms with Gasteiger partial charge in [0.2, 0.25) is 0 Å². The van der Waals surface area contributed by atoms with Gasteiger partial charge in [-0.1, -0.05) is 47.6 Å². The molecule has 0 saturated heterocycles. The largest absolute Gasteiger partial charge is 0.293 e. The summed E-state index contributed by atoms with van der Waals surface area (Å²) in [7, 11) is -2.47. The van der Waals surface area contributed by atoms with Crippen molar-refractivity contribution in [1.29, 1.82) is 0 Å². The lowest BCUT2D eigenvalue weighted by molar-refractivity contribution is -0.119. The summed E-state index contributed by atoms with van der Waals surface area (Å²) < 4.78 is 14.6. The van der Waals surface area contributed by atoms with Crippen LogP contribution >= 0.6 is 0 Å². The van der Waals surface area contributed by atoms with Gasteiger partial charge < -0.3 is 0 Å². The molecule has 0 bridgehead atoms. The van der Waals surface area contributed by atoms with E-state index in [2.05, 4.69) is 25.9 Å². The Morgan fingerprint density at radius 3 is 2.00 bits per heavy atom. The monoisotopic (exact) mass is 338 g/mol. The van der Waals surface area contributed by atoms with E-state index in [1.165, 1.54) is 0 Å². The average Bonchev–Trinajstić information content (AvgIpc) is 2.70.